The number of fused-ring (bicyclic) bond motifs is 5. The minimum atomic E-state index is -2.11. The van der Waals surface area contributed by atoms with Gasteiger partial charge < -0.3 is 76.8 Å². The third kappa shape index (κ3) is 11.2. The highest BCUT2D eigenvalue weighted by Crippen LogP contribution is 2.68. The van der Waals surface area contributed by atoms with E-state index >= 15 is 0 Å². The molecule has 18 nitrogen and oxygen atoms in total. The molecule has 0 aliphatic heterocycles. The van der Waals surface area contributed by atoms with Crippen LogP contribution in [0.5, 0.6) is 0 Å². The SMILES string of the molecule is C[C@H](CCC(=O)N(CCCNC(=O)[C@H](O)[C@H](O)[C@@H](O)[C@H](O)CO)CCCNC(=O)[C@H](O)[C@H](O)[C@H](O)[C@H](O)CO)[C@@H]1CC[C@@H]2[C@H]3CC[C@H]4C[C@@H](O)CC[C@]4(C)[C@@H]3C[C@@H](O)[C@@]21C. The Hall–Kier alpha value is -2.07. The highest BCUT2D eigenvalue weighted by atomic mass is 16.4. The Morgan fingerprint density at radius 2 is 1.23 bits per heavy atom. The molecule has 0 saturated heterocycles. The summed E-state index contributed by atoms with van der Waals surface area (Å²) < 4.78 is 0. The van der Waals surface area contributed by atoms with E-state index in [1.165, 1.54) is 0 Å². The van der Waals surface area contributed by atoms with Gasteiger partial charge in [-0.05, 0) is 117 Å². The van der Waals surface area contributed by atoms with Crippen LogP contribution in [0.25, 0.3) is 0 Å². The number of aliphatic hydroxyl groups excluding tert-OH is 12. The van der Waals surface area contributed by atoms with E-state index < -0.39 is 80.0 Å². The maximum atomic E-state index is 13.8. The number of amides is 3. The van der Waals surface area contributed by atoms with Crippen molar-refractivity contribution in [2.75, 3.05) is 39.4 Å². The number of rotatable bonds is 22. The normalized spacial score (nSPS) is 34.6. The monoisotopic (exact) mass is 862 g/mol. The zero-order valence-electron chi connectivity index (χ0n) is 35.5. The Balaban J connectivity index is 1.35. The minimum Gasteiger partial charge on any atom is -0.394 e. The number of hydrogen-bond donors (Lipinski definition) is 14. The minimum absolute atomic E-state index is 0.0491. The number of nitrogens with zero attached hydrogens (tertiary/aromatic N) is 1. The second-order valence-corrected chi connectivity index (χ2v) is 18.9. The smallest absolute Gasteiger partial charge is 0.251 e. The van der Waals surface area contributed by atoms with E-state index in [9.17, 15) is 65.4 Å². The van der Waals surface area contributed by atoms with Gasteiger partial charge in [0.2, 0.25) is 5.91 Å². The molecule has 14 N–H and O–H groups in total. The van der Waals surface area contributed by atoms with Crippen LogP contribution in [0.4, 0.5) is 0 Å². The molecule has 0 aromatic carbocycles. The van der Waals surface area contributed by atoms with Crippen molar-refractivity contribution < 1.29 is 75.7 Å². The molecule has 0 aromatic heterocycles. The third-order valence-corrected chi connectivity index (χ3v) is 15.5. The van der Waals surface area contributed by atoms with Crippen LogP contribution in [0.1, 0.15) is 97.8 Å². The summed E-state index contributed by atoms with van der Waals surface area (Å²) in [5, 5.41) is 124. The fourth-order valence-corrected chi connectivity index (χ4v) is 11.8. The molecule has 4 fully saturated rings. The summed E-state index contributed by atoms with van der Waals surface area (Å²) in [5.41, 5.74) is -0.164. The largest absolute Gasteiger partial charge is 0.394 e. The number of carbonyl (C=O) groups is 3. The lowest BCUT2D eigenvalue weighted by atomic mass is 9.43. The average Bonchev–Trinajstić information content (AvgIpc) is 3.61. The molecule has 0 radical (unpaired) electrons. The van der Waals surface area contributed by atoms with E-state index in [-0.39, 0.29) is 80.1 Å². The van der Waals surface area contributed by atoms with Crippen molar-refractivity contribution in [3.05, 3.63) is 0 Å². The van der Waals surface area contributed by atoms with Gasteiger partial charge in [-0.1, -0.05) is 20.8 Å². The van der Waals surface area contributed by atoms with Crippen molar-refractivity contribution in [3.63, 3.8) is 0 Å². The Kier molecular flexibility index (Phi) is 18.6. The van der Waals surface area contributed by atoms with E-state index in [0.29, 0.717) is 30.1 Å². The molecule has 348 valence electrons. The van der Waals surface area contributed by atoms with Gasteiger partial charge >= 0.3 is 0 Å². The highest BCUT2D eigenvalue weighted by Gasteiger charge is 2.63. The van der Waals surface area contributed by atoms with Crippen molar-refractivity contribution in [3.8, 4) is 0 Å². The molecular formula is C42H75N3O15. The van der Waals surface area contributed by atoms with E-state index in [1.807, 2.05) is 0 Å². The summed E-state index contributed by atoms with van der Waals surface area (Å²) in [5.74, 6) is -0.145. The lowest BCUT2D eigenvalue weighted by Crippen LogP contribution is -2.58. The van der Waals surface area contributed by atoms with Crippen molar-refractivity contribution in [1.82, 2.24) is 15.5 Å². The Morgan fingerprint density at radius 1 is 0.700 bits per heavy atom. The summed E-state index contributed by atoms with van der Waals surface area (Å²) in [7, 11) is 0. The van der Waals surface area contributed by atoms with Gasteiger partial charge in [0.05, 0.1) is 25.4 Å². The van der Waals surface area contributed by atoms with Crippen LogP contribution in [0.3, 0.4) is 0 Å². The van der Waals surface area contributed by atoms with Gasteiger partial charge in [0.25, 0.3) is 11.8 Å². The summed E-state index contributed by atoms with van der Waals surface area (Å²) >= 11 is 0. The van der Waals surface area contributed by atoms with E-state index in [2.05, 4.69) is 31.4 Å². The first kappa shape index (κ1) is 50.6. The number of nitrogens with one attached hydrogen (secondary N) is 2. The van der Waals surface area contributed by atoms with Gasteiger partial charge in [0.15, 0.2) is 12.2 Å². The van der Waals surface area contributed by atoms with Crippen LogP contribution >= 0.6 is 0 Å². The first-order valence-electron chi connectivity index (χ1n) is 22.1. The Labute approximate surface area is 353 Å². The lowest BCUT2D eigenvalue weighted by molar-refractivity contribution is -0.175. The highest BCUT2D eigenvalue weighted by molar-refractivity contribution is 5.81. The number of hydrogen-bond acceptors (Lipinski definition) is 15. The molecule has 18 heteroatoms. The average molecular weight is 862 g/mol. The Morgan fingerprint density at radius 3 is 1.75 bits per heavy atom. The van der Waals surface area contributed by atoms with Gasteiger partial charge in [0, 0.05) is 32.6 Å². The summed E-state index contributed by atoms with van der Waals surface area (Å²) in [4.78, 5) is 40.3. The molecule has 0 heterocycles. The van der Waals surface area contributed by atoms with Crippen LogP contribution in [-0.2, 0) is 14.4 Å². The molecule has 0 unspecified atom stereocenters. The standard InChI is InChI=1S/C42H75N3O15/c1-22(26-9-10-27-25-8-7-23-18-24(48)12-13-41(23,2)28(25)19-31(51)42(26,27)3)6-11-32(52)45(16-4-14-43-39(59)37(57)35(55)33(53)29(49)20-46)17-5-15-44-40(60)38(58)36(56)34(54)30(50)21-47/h22-31,33-38,46-51,53-58H,4-21H2,1-3H3,(H,43,59)(H,44,60)/t22-,23+,24+,25-,26+,27-,28-,29-,30-,31-,33-,34+,35-,36-,37-,38-,41+,42-/m1/s1. The van der Waals surface area contributed by atoms with Crippen molar-refractivity contribution >= 4 is 17.7 Å². The van der Waals surface area contributed by atoms with Crippen LogP contribution in [0, 0.1) is 46.3 Å². The van der Waals surface area contributed by atoms with Gasteiger partial charge in [0.1, 0.15) is 36.6 Å². The summed E-state index contributed by atoms with van der Waals surface area (Å²) in [6.07, 6.45) is -7.85. The molecule has 18 atom stereocenters. The molecule has 0 spiro atoms. The molecule has 60 heavy (non-hydrogen) atoms. The fraction of sp³-hybridized carbons (Fsp3) is 0.929. The van der Waals surface area contributed by atoms with Crippen LogP contribution in [-0.4, -0.2) is 184 Å². The second-order valence-electron chi connectivity index (χ2n) is 18.9. The molecule has 3 amide bonds. The second kappa shape index (κ2) is 22.0. The van der Waals surface area contributed by atoms with Crippen LogP contribution in [0.15, 0.2) is 0 Å². The first-order valence-corrected chi connectivity index (χ1v) is 22.1. The molecule has 0 bridgehead atoms. The van der Waals surface area contributed by atoms with Crippen molar-refractivity contribution in [1.29, 1.82) is 0 Å². The lowest BCUT2D eigenvalue weighted by Gasteiger charge is -2.62. The summed E-state index contributed by atoms with van der Waals surface area (Å²) in [6, 6.07) is 0. The van der Waals surface area contributed by atoms with Gasteiger partial charge in [-0.25, -0.2) is 0 Å². The topological polar surface area (TPSA) is 321 Å². The maximum Gasteiger partial charge on any atom is 0.251 e. The fourth-order valence-electron chi connectivity index (χ4n) is 11.8. The zero-order chi connectivity index (χ0) is 44.7. The number of carbonyl (C=O) groups excluding carboxylic acids is 3. The zero-order valence-corrected chi connectivity index (χ0v) is 35.5. The summed E-state index contributed by atoms with van der Waals surface area (Å²) in [6.45, 7) is 5.15. The first-order chi connectivity index (χ1) is 28.2. The maximum absolute atomic E-state index is 13.8. The van der Waals surface area contributed by atoms with Crippen molar-refractivity contribution in [2.24, 2.45) is 46.3 Å². The van der Waals surface area contributed by atoms with E-state index in [4.69, 9.17) is 10.2 Å². The van der Waals surface area contributed by atoms with Gasteiger partial charge in [-0.15, -0.1) is 0 Å². The van der Waals surface area contributed by atoms with Gasteiger partial charge in [-0.2, -0.15) is 0 Å². The Bertz CT molecular complexity index is 1350. The third-order valence-electron chi connectivity index (χ3n) is 15.5. The molecular weight excluding hydrogens is 786 g/mol. The van der Waals surface area contributed by atoms with Crippen LogP contribution < -0.4 is 10.6 Å². The van der Waals surface area contributed by atoms with Crippen LogP contribution in [0.2, 0.25) is 0 Å². The quantitative estimate of drug-likeness (QED) is 0.0486. The number of aliphatic hydroxyl groups is 12. The molecule has 4 rings (SSSR count). The predicted molar refractivity (Wildman–Crippen MR) is 215 cm³/mol. The molecule has 4 saturated carbocycles. The molecule has 4 aliphatic carbocycles. The van der Waals surface area contributed by atoms with E-state index in [0.717, 1.165) is 51.4 Å². The molecule has 4 aliphatic rings. The van der Waals surface area contributed by atoms with E-state index in [1.54, 1.807) is 4.90 Å². The van der Waals surface area contributed by atoms with Gasteiger partial charge in [-0.3, -0.25) is 14.4 Å². The van der Waals surface area contributed by atoms with Crippen molar-refractivity contribution in [2.45, 2.75) is 159 Å². The molecule has 0 aromatic rings. The predicted octanol–water partition coefficient (Wildman–Crippen LogP) is -2.89.